The number of rotatable bonds is 3. The van der Waals surface area contributed by atoms with Crippen molar-refractivity contribution in [3.05, 3.63) is 35.4 Å². The number of aliphatic hydroxyl groups is 1. The number of benzene rings is 1. The molecule has 1 atom stereocenters. The molecule has 0 radical (unpaired) electrons. The smallest absolute Gasteiger partial charge is 0.0571 e. The highest BCUT2D eigenvalue weighted by molar-refractivity contribution is 5.24. The topological polar surface area (TPSA) is 20.2 Å². The lowest BCUT2D eigenvalue weighted by Gasteiger charge is -2.18. The molecule has 1 aromatic carbocycles. The van der Waals surface area contributed by atoms with Gasteiger partial charge in [-0.15, -0.1) is 0 Å². The normalized spacial score (nSPS) is 20.5. The highest BCUT2D eigenvalue weighted by Gasteiger charge is 2.46. The van der Waals surface area contributed by atoms with Crippen LogP contribution in [0.25, 0.3) is 0 Å². The summed E-state index contributed by atoms with van der Waals surface area (Å²) in [4.78, 5) is 0. The van der Waals surface area contributed by atoms with Crippen LogP contribution >= 0.6 is 0 Å². The predicted octanol–water partition coefficient (Wildman–Crippen LogP) is 2.70. The minimum absolute atomic E-state index is 0.164. The molecule has 0 aliphatic heterocycles. The molecule has 0 bridgehead atoms. The second kappa shape index (κ2) is 3.39. The Morgan fingerprint density at radius 3 is 2.64 bits per heavy atom. The molecule has 76 valence electrons. The zero-order valence-electron chi connectivity index (χ0n) is 8.96. The summed E-state index contributed by atoms with van der Waals surface area (Å²) >= 11 is 0. The summed E-state index contributed by atoms with van der Waals surface area (Å²) in [7, 11) is 0. The summed E-state index contributed by atoms with van der Waals surface area (Å²) in [6.07, 6.45) is 3.23. The van der Waals surface area contributed by atoms with Crippen molar-refractivity contribution in [1.29, 1.82) is 0 Å². The van der Waals surface area contributed by atoms with Crippen LogP contribution in [0.3, 0.4) is 0 Å². The lowest BCUT2D eigenvalue weighted by molar-refractivity contribution is 0.110. The minimum atomic E-state index is -0.164. The van der Waals surface area contributed by atoms with Crippen molar-refractivity contribution in [2.45, 2.75) is 39.2 Å². The molecule has 1 aliphatic rings. The standard InChI is InChI=1S/C13H18O/c1-10-4-3-5-12(8-10)9-13(6-7-13)11(2)14/h3-5,8,11,14H,6-7,9H2,1-2H3. The first kappa shape index (κ1) is 9.72. The fourth-order valence-electron chi connectivity index (χ4n) is 2.13. The lowest BCUT2D eigenvalue weighted by atomic mass is 9.91. The lowest BCUT2D eigenvalue weighted by Crippen LogP contribution is -2.20. The van der Waals surface area contributed by atoms with E-state index in [4.69, 9.17) is 0 Å². The van der Waals surface area contributed by atoms with E-state index in [0.717, 1.165) is 6.42 Å². The Morgan fingerprint density at radius 1 is 1.43 bits per heavy atom. The molecule has 0 saturated heterocycles. The highest BCUT2D eigenvalue weighted by Crippen LogP contribution is 2.51. The third-order valence-corrected chi connectivity index (χ3v) is 3.42. The van der Waals surface area contributed by atoms with E-state index in [1.165, 1.54) is 24.0 Å². The largest absolute Gasteiger partial charge is 0.393 e. The van der Waals surface area contributed by atoms with Gasteiger partial charge in [-0.2, -0.15) is 0 Å². The predicted molar refractivity (Wildman–Crippen MR) is 58.2 cm³/mol. The van der Waals surface area contributed by atoms with Gasteiger partial charge in [-0.3, -0.25) is 0 Å². The van der Waals surface area contributed by atoms with Gasteiger partial charge >= 0.3 is 0 Å². The fraction of sp³-hybridized carbons (Fsp3) is 0.538. The van der Waals surface area contributed by atoms with Gasteiger partial charge in [0.1, 0.15) is 0 Å². The Hall–Kier alpha value is -0.820. The molecule has 1 saturated carbocycles. The first-order chi connectivity index (χ1) is 6.62. The Labute approximate surface area is 85.8 Å². The van der Waals surface area contributed by atoms with Crippen LogP contribution in [0.4, 0.5) is 0 Å². The van der Waals surface area contributed by atoms with Crippen molar-refractivity contribution < 1.29 is 5.11 Å². The maximum atomic E-state index is 9.67. The molecule has 0 heterocycles. The van der Waals surface area contributed by atoms with Gasteiger partial charge in [0.15, 0.2) is 0 Å². The summed E-state index contributed by atoms with van der Waals surface area (Å²) in [5.41, 5.74) is 2.88. The molecule has 1 nitrogen and oxygen atoms in total. The zero-order valence-corrected chi connectivity index (χ0v) is 8.96. The van der Waals surface area contributed by atoms with E-state index in [1.54, 1.807) is 0 Å². The van der Waals surface area contributed by atoms with Crippen LogP contribution in [0.15, 0.2) is 24.3 Å². The molecule has 1 unspecified atom stereocenters. The number of hydrogen-bond donors (Lipinski definition) is 1. The van der Waals surface area contributed by atoms with Crippen LogP contribution in [-0.4, -0.2) is 11.2 Å². The summed E-state index contributed by atoms with van der Waals surface area (Å²) in [6.45, 7) is 4.04. The molecule has 2 rings (SSSR count). The zero-order chi connectivity index (χ0) is 10.2. The van der Waals surface area contributed by atoms with Crippen molar-refractivity contribution in [2.24, 2.45) is 5.41 Å². The van der Waals surface area contributed by atoms with Gasteiger partial charge in [-0.25, -0.2) is 0 Å². The second-order valence-electron chi connectivity index (χ2n) is 4.70. The highest BCUT2D eigenvalue weighted by atomic mass is 16.3. The average Bonchev–Trinajstić information content (AvgIpc) is 2.85. The van der Waals surface area contributed by atoms with Crippen molar-refractivity contribution in [3.63, 3.8) is 0 Å². The van der Waals surface area contributed by atoms with Crippen LogP contribution in [0.1, 0.15) is 30.9 Å². The van der Waals surface area contributed by atoms with Crippen LogP contribution in [-0.2, 0) is 6.42 Å². The average molecular weight is 190 g/mol. The SMILES string of the molecule is Cc1cccc(CC2(C(C)O)CC2)c1. The number of hydrogen-bond acceptors (Lipinski definition) is 1. The van der Waals surface area contributed by atoms with Gasteiger partial charge < -0.3 is 5.11 Å². The monoisotopic (exact) mass is 190 g/mol. The van der Waals surface area contributed by atoms with Gasteiger partial charge in [0.2, 0.25) is 0 Å². The van der Waals surface area contributed by atoms with Gasteiger partial charge in [-0.05, 0) is 38.7 Å². The van der Waals surface area contributed by atoms with E-state index in [-0.39, 0.29) is 11.5 Å². The summed E-state index contributed by atoms with van der Waals surface area (Å²) in [6, 6.07) is 8.60. The molecule has 1 aromatic rings. The van der Waals surface area contributed by atoms with E-state index in [0.29, 0.717) is 0 Å². The van der Waals surface area contributed by atoms with Crippen molar-refractivity contribution in [3.8, 4) is 0 Å². The molecular formula is C13H18O. The number of aryl methyl sites for hydroxylation is 1. The van der Waals surface area contributed by atoms with Crippen LogP contribution in [0.5, 0.6) is 0 Å². The van der Waals surface area contributed by atoms with Gasteiger partial charge in [0.25, 0.3) is 0 Å². The summed E-state index contributed by atoms with van der Waals surface area (Å²) in [5, 5.41) is 9.67. The molecule has 1 aliphatic carbocycles. The Balaban J connectivity index is 2.11. The minimum Gasteiger partial charge on any atom is -0.393 e. The fourth-order valence-corrected chi connectivity index (χ4v) is 2.13. The Bertz CT molecular complexity index is 324. The second-order valence-corrected chi connectivity index (χ2v) is 4.70. The molecule has 1 fully saturated rings. The molecule has 0 amide bonds. The van der Waals surface area contributed by atoms with Crippen LogP contribution < -0.4 is 0 Å². The number of aliphatic hydroxyl groups excluding tert-OH is 1. The molecule has 0 spiro atoms. The van der Waals surface area contributed by atoms with E-state index in [2.05, 4.69) is 31.2 Å². The maximum absolute atomic E-state index is 9.67. The quantitative estimate of drug-likeness (QED) is 0.777. The van der Waals surface area contributed by atoms with E-state index < -0.39 is 0 Å². The summed E-state index contributed by atoms with van der Waals surface area (Å²) < 4.78 is 0. The Morgan fingerprint density at radius 2 is 2.14 bits per heavy atom. The van der Waals surface area contributed by atoms with Crippen LogP contribution in [0, 0.1) is 12.3 Å². The third kappa shape index (κ3) is 1.83. The maximum Gasteiger partial charge on any atom is 0.0571 e. The van der Waals surface area contributed by atoms with Crippen LogP contribution in [0.2, 0.25) is 0 Å². The molecule has 0 aromatic heterocycles. The van der Waals surface area contributed by atoms with Gasteiger partial charge in [-0.1, -0.05) is 29.8 Å². The van der Waals surface area contributed by atoms with Crippen molar-refractivity contribution in [1.82, 2.24) is 0 Å². The van der Waals surface area contributed by atoms with Crippen molar-refractivity contribution >= 4 is 0 Å². The molecular weight excluding hydrogens is 172 g/mol. The summed E-state index contributed by atoms with van der Waals surface area (Å²) in [5.74, 6) is 0. The third-order valence-electron chi connectivity index (χ3n) is 3.42. The molecule has 1 heteroatoms. The van der Waals surface area contributed by atoms with Gasteiger partial charge in [0.05, 0.1) is 6.10 Å². The first-order valence-corrected chi connectivity index (χ1v) is 5.36. The first-order valence-electron chi connectivity index (χ1n) is 5.36. The van der Waals surface area contributed by atoms with E-state index >= 15 is 0 Å². The van der Waals surface area contributed by atoms with E-state index in [1.807, 2.05) is 6.92 Å². The molecule has 14 heavy (non-hydrogen) atoms. The van der Waals surface area contributed by atoms with Crippen molar-refractivity contribution in [2.75, 3.05) is 0 Å². The Kier molecular flexibility index (Phi) is 2.36. The van der Waals surface area contributed by atoms with Gasteiger partial charge in [0, 0.05) is 5.41 Å². The van der Waals surface area contributed by atoms with E-state index in [9.17, 15) is 5.11 Å². The molecule has 1 N–H and O–H groups in total.